The monoisotopic (exact) mass is 1090 g/mol. The zero-order valence-corrected chi connectivity index (χ0v) is 34.2. The van der Waals surface area contributed by atoms with Gasteiger partial charge < -0.3 is 42.9 Å². The maximum Gasteiger partial charge on any atom is 0.460 e. The van der Waals surface area contributed by atoms with E-state index in [0.29, 0.717) is 23.5 Å². The maximum atomic E-state index is 14.0. The van der Waals surface area contributed by atoms with Crippen molar-refractivity contribution in [3.05, 3.63) is 0 Å². The third-order valence-corrected chi connectivity index (χ3v) is 10.5. The molecule has 0 unspecified atom stereocenters. The quantitative estimate of drug-likeness (QED) is 0.0570. The summed E-state index contributed by atoms with van der Waals surface area (Å²) in [7, 11) is 5.51. The highest BCUT2D eigenvalue weighted by Crippen LogP contribution is 2.62. The molecule has 0 aliphatic rings. The van der Waals surface area contributed by atoms with Crippen molar-refractivity contribution in [3.8, 4) is 0 Å². The van der Waals surface area contributed by atoms with Crippen molar-refractivity contribution in [2.45, 2.75) is 97.3 Å². The molecule has 0 atom stereocenters. The van der Waals surface area contributed by atoms with E-state index >= 15 is 0 Å². The molecule has 0 spiro atoms. The van der Waals surface area contributed by atoms with Crippen molar-refractivity contribution in [2.75, 3.05) is 64.5 Å². The summed E-state index contributed by atoms with van der Waals surface area (Å²) in [6.07, 6.45) is -19.5. The lowest BCUT2D eigenvalue weighted by Crippen LogP contribution is -3.00. The first-order valence-corrected chi connectivity index (χ1v) is 17.1. The summed E-state index contributed by atoms with van der Waals surface area (Å²) in [5.41, 5.74) is 0. The van der Waals surface area contributed by atoms with Crippen molar-refractivity contribution in [1.29, 1.82) is 0 Å². The fourth-order valence-corrected chi connectivity index (χ4v) is 6.46. The van der Waals surface area contributed by atoms with E-state index in [1.54, 1.807) is 0 Å². The molecule has 0 aromatic rings. The van der Waals surface area contributed by atoms with Gasteiger partial charge in [-0.15, -0.1) is 23.5 Å². The van der Waals surface area contributed by atoms with Crippen LogP contribution in [0.4, 0.5) is 114 Å². The van der Waals surface area contributed by atoms with Crippen LogP contribution in [0.2, 0.25) is 0 Å². The molecule has 0 heterocycles. The molecule has 0 aromatic heterocycles. The second-order valence-corrected chi connectivity index (χ2v) is 15.7. The smallest absolute Gasteiger partial charge is 0.460 e. The number of hydrogen-bond donors (Lipinski definition) is 0. The molecule has 0 saturated heterocycles. The first kappa shape index (κ1) is 62.1. The van der Waals surface area contributed by atoms with Crippen molar-refractivity contribution < 1.29 is 157 Å². The van der Waals surface area contributed by atoms with Gasteiger partial charge in [0.2, 0.25) is 0 Å². The Hall–Kier alpha value is -0.240. The maximum absolute atomic E-state index is 14.0. The Morgan fingerprint density at radius 3 is 0.741 bits per heavy atom. The number of hydrogen-bond acceptors (Lipinski definition) is 2. The number of halogens is 28. The number of thioether (sulfide) groups is 2. The van der Waals surface area contributed by atoms with Crippen molar-refractivity contribution in [2.24, 2.45) is 0 Å². The molecule has 0 amide bonds. The Labute approximate surface area is 341 Å². The molecule has 0 N–H and O–H groups in total. The van der Waals surface area contributed by atoms with E-state index in [9.17, 15) is 114 Å². The predicted octanol–water partition coefficient (Wildman–Crippen LogP) is 5.57. The van der Waals surface area contributed by atoms with Gasteiger partial charge in [-0.25, -0.2) is 0 Å². The van der Waals surface area contributed by atoms with Gasteiger partial charge in [-0.3, -0.25) is 0 Å². The molecule has 2 nitrogen and oxygen atoms in total. The van der Waals surface area contributed by atoms with E-state index in [1.165, 1.54) is 28.2 Å². The molecule has 0 aliphatic heterocycles. The van der Waals surface area contributed by atoms with Gasteiger partial charge in [0.15, 0.2) is 0 Å². The fourth-order valence-electron chi connectivity index (χ4n) is 4.15. The zero-order valence-electron chi connectivity index (χ0n) is 29.4. The molecule has 0 rings (SSSR count). The molecule has 354 valence electrons. The van der Waals surface area contributed by atoms with Gasteiger partial charge in [0.05, 0.1) is 41.3 Å². The molecule has 0 aliphatic carbocycles. The summed E-state index contributed by atoms with van der Waals surface area (Å²) in [5.74, 6) is -78.0. The second kappa shape index (κ2) is 19.2. The standard InChI is InChI=1S/C26H32F26N2S2.2BrH/c1-53(2,13-55-11-7-15(27,28)17(31,32)19(35,36)21(39,40)23(43,44)25(47,48)49)9-5-6-10-54(3,4)14-56-12-8-16(29,30)18(33,34)20(37,38)22(41,42)24(45,46)26(50,51)52;;/h5-14H2,1-4H3;2*1H/q+2;;/p-2. The Morgan fingerprint density at radius 2 is 0.534 bits per heavy atom. The normalized spacial score (nSPS) is 15.6. The summed E-state index contributed by atoms with van der Waals surface area (Å²) in [5, 5.41) is 0. The highest BCUT2D eigenvalue weighted by atomic mass is 79.9. The molecule has 0 saturated carbocycles. The lowest BCUT2D eigenvalue weighted by atomic mass is 9.93. The van der Waals surface area contributed by atoms with Crippen LogP contribution in [0, 0.1) is 0 Å². The van der Waals surface area contributed by atoms with Crippen LogP contribution >= 0.6 is 23.5 Å². The van der Waals surface area contributed by atoms with Crippen LogP contribution in [-0.4, -0.2) is 145 Å². The van der Waals surface area contributed by atoms with Crippen molar-refractivity contribution in [1.82, 2.24) is 0 Å². The first-order valence-electron chi connectivity index (χ1n) is 14.8. The van der Waals surface area contributed by atoms with Crippen LogP contribution in [-0.2, 0) is 0 Å². The van der Waals surface area contributed by atoms with Gasteiger partial charge in [0, 0.05) is 37.2 Å². The van der Waals surface area contributed by atoms with E-state index in [1.807, 2.05) is 0 Å². The van der Waals surface area contributed by atoms with Gasteiger partial charge in [0.1, 0.15) is 11.8 Å². The molecule has 0 fully saturated rings. The number of unbranched alkanes of at least 4 members (excludes halogenated alkanes) is 1. The third kappa shape index (κ3) is 12.3. The summed E-state index contributed by atoms with van der Waals surface area (Å²) in [6.45, 7) is 0.161. The van der Waals surface area contributed by atoms with Crippen LogP contribution in [0.15, 0.2) is 0 Å². The molecule has 0 radical (unpaired) electrons. The average Bonchev–Trinajstić information content (AvgIpc) is 2.98. The van der Waals surface area contributed by atoms with Crippen molar-refractivity contribution >= 4 is 23.5 Å². The van der Waals surface area contributed by atoms with E-state index < -0.39 is 95.9 Å². The number of quaternary nitrogens is 2. The zero-order chi connectivity index (χ0) is 45.5. The van der Waals surface area contributed by atoms with Gasteiger partial charge in [-0.2, -0.15) is 114 Å². The average molecular weight is 1090 g/mol. The predicted molar refractivity (Wildman–Crippen MR) is 149 cm³/mol. The van der Waals surface area contributed by atoms with Crippen LogP contribution in [0.25, 0.3) is 0 Å². The first-order chi connectivity index (χ1) is 24.1. The highest BCUT2D eigenvalue weighted by Gasteiger charge is 2.92. The fraction of sp³-hybridized carbons (Fsp3) is 1.00. The van der Waals surface area contributed by atoms with Crippen LogP contribution in [0.1, 0.15) is 25.7 Å². The minimum Gasteiger partial charge on any atom is -1.00 e. The molecule has 32 heteroatoms. The SMILES string of the molecule is C[N+](C)(CCCC[N+](C)(C)CSCCC(F)(F)C(F)(F)C(F)(F)C(F)(F)C(F)(F)C(F)(F)F)CSCCC(F)(F)C(F)(F)C(F)(F)C(F)(F)C(F)(F)C(F)(F)F.[Br-].[Br-]. The van der Waals surface area contributed by atoms with E-state index in [0.717, 1.165) is 0 Å². The summed E-state index contributed by atoms with van der Waals surface area (Å²) in [4.78, 5) is 0. The molecular weight excluding hydrogens is 1060 g/mol. The largest absolute Gasteiger partial charge is 1.00 e. The summed E-state index contributed by atoms with van der Waals surface area (Å²) in [6, 6.07) is 0. The number of rotatable bonds is 23. The second-order valence-electron chi connectivity index (χ2n) is 13.6. The van der Waals surface area contributed by atoms with Gasteiger partial charge in [0.25, 0.3) is 0 Å². The van der Waals surface area contributed by atoms with Crippen LogP contribution < -0.4 is 34.0 Å². The topological polar surface area (TPSA) is 0 Å². The Bertz CT molecular complexity index is 1190. The molecule has 58 heavy (non-hydrogen) atoms. The highest BCUT2D eigenvalue weighted by molar-refractivity contribution is 7.99. The van der Waals surface area contributed by atoms with Crippen molar-refractivity contribution in [3.63, 3.8) is 0 Å². The summed E-state index contributed by atoms with van der Waals surface area (Å²) >= 11 is 0.635. The van der Waals surface area contributed by atoms with Crippen LogP contribution in [0.5, 0.6) is 0 Å². The van der Waals surface area contributed by atoms with Crippen LogP contribution in [0.3, 0.4) is 0 Å². The Balaban J connectivity index is -0.0000151. The van der Waals surface area contributed by atoms with Gasteiger partial charge in [-0.1, -0.05) is 0 Å². The number of alkyl halides is 26. The van der Waals surface area contributed by atoms with E-state index in [-0.39, 0.29) is 80.6 Å². The Kier molecular flexibility index (Phi) is 20.6. The minimum atomic E-state index is -8.02. The van der Waals surface area contributed by atoms with Gasteiger partial charge in [-0.05, 0) is 0 Å². The lowest BCUT2D eigenvalue weighted by Gasteiger charge is -2.39. The third-order valence-electron chi connectivity index (χ3n) is 7.78. The minimum absolute atomic E-state index is 0. The van der Waals surface area contributed by atoms with E-state index in [4.69, 9.17) is 0 Å². The number of nitrogens with zero attached hydrogens (tertiary/aromatic N) is 2. The summed E-state index contributed by atoms with van der Waals surface area (Å²) < 4.78 is 344. The molecule has 0 bridgehead atoms. The Morgan fingerprint density at radius 1 is 0.328 bits per heavy atom. The van der Waals surface area contributed by atoms with Gasteiger partial charge >= 0.3 is 71.6 Å². The van der Waals surface area contributed by atoms with E-state index in [2.05, 4.69) is 0 Å². The molecular formula is C26H32Br2F26N2S2. The lowest BCUT2D eigenvalue weighted by molar-refractivity contribution is -0.884. The molecule has 0 aromatic carbocycles.